The van der Waals surface area contributed by atoms with Gasteiger partial charge in [-0.05, 0) is 12.8 Å². The molecule has 0 spiro atoms. The van der Waals surface area contributed by atoms with Crippen molar-refractivity contribution in [2.75, 3.05) is 18.0 Å². The van der Waals surface area contributed by atoms with E-state index in [0.717, 1.165) is 11.3 Å². The van der Waals surface area contributed by atoms with Gasteiger partial charge in [0.2, 0.25) is 5.82 Å². The van der Waals surface area contributed by atoms with Gasteiger partial charge in [0.25, 0.3) is 0 Å². The Labute approximate surface area is 178 Å². The summed E-state index contributed by atoms with van der Waals surface area (Å²) < 4.78 is 93.7. The van der Waals surface area contributed by atoms with Crippen molar-refractivity contribution in [2.24, 2.45) is 0 Å². The number of anilines is 1. The fourth-order valence-electron chi connectivity index (χ4n) is 3.51. The van der Waals surface area contributed by atoms with Crippen LogP contribution >= 0.6 is 11.3 Å². The average molecular weight is 474 g/mol. The molecule has 2 aromatic carbocycles. The predicted molar refractivity (Wildman–Crippen MR) is 106 cm³/mol. The number of halogens is 5. The zero-order valence-electron chi connectivity index (χ0n) is 15.8. The smallest absolute Gasteiger partial charge is 0.200 e. The van der Waals surface area contributed by atoms with Crippen LogP contribution in [0.1, 0.15) is 12.8 Å². The Kier molecular flexibility index (Phi) is 5.73. The van der Waals surface area contributed by atoms with Crippen LogP contribution in [0.2, 0.25) is 0 Å². The number of aromatic nitrogens is 1. The Balaban J connectivity index is 1.54. The molecule has 0 N–H and O–H groups in total. The first-order valence-corrected chi connectivity index (χ1v) is 11.7. The van der Waals surface area contributed by atoms with Crippen molar-refractivity contribution in [3.63, 3.8) is 0 Å². The topological polar surface area (TPSA) is 50.3 Å². The molecule has 0 bridgehead atoms. The first-order valence-electron chi connectivity index (χ1n) is 9.23. The van der Waals surface area contributed by atoms with E-state index in [9.17, 15) is 30.4 Å². The van der Waals surface area contributed by atoms with E-state index in [1.54, 1.807) is 0 Å². The number of hydrogen-bond acceptors (Lipinski definition) is 5. The fourth-order valence-corrected chi connectivity index (χ4v) is 6.24. The highest BCUT2D eigenvalue weighted by Crippen LogP contribution is 2.34. The molecular weight excluding hydrogens is 459 g/mol. The van der Waals surface area contributed by atoms with Gasteiger partial charge in [-0.3, -0.25) is 0 Å². The maximum atomic E-state index is 14.0. The number of thiazole rings is 1. The molecule has 0 radical (unpaired) electrons. The van der Waals surface area contributed by atoms with E-state index < -0.39 is 49.1 Å². The molecule has 0 saturated carbocycles. The summed E-state index contributed by atoms with van der Waals surface area (Å²) in [4.78, 5) is 4.62. The van der Waals surface area contributed by atoms with Crippen molar-refractivity contribution in [2.45, 2.75) is 23.0 Å². The Morgan fingerprint density at radius 2 is 1.42 bits per heavy atom. The van der Waals surface area contributed by atoms with Crippen LogP contribution in [0, 0.1) is 29.1 Å². The molecule has 1 saturated heterocycles. The van der Waals surface area contributed by atoms with Gasteiger partial charge in [-0.15, -0.1) is 11.3 Å². The third-order valence-electron chi connectivity index (χ3n) is 5.17. The van der Waals surface area contributed by atoms with Gasteiger partial charge in [0.05, 0.1) is 10.9 Å². The van der Waals surface area contributed by atoms with Crippen molar-refractivity contribution in [3.8, 4) is 11.3 Å². The summed E-state index contributed by atoms with van der Waals surface area (Å²) in [5.74, 6) is -11.6. The quantitative estimate of drug-likeness (QED) is 0.232. The molecule has 0 amide bonds. The molecule has 4 rings (SSSR count). The van der Waals surface area contributed by atoms with Gasteiger partial charge in [-0.2, -0.15) is 0 Å². The first-order chi connectivity index (χ1) is 14.7. The predicted octanol–water partition coefficient (Wildman–Crippen LogP) is 4.95. The molecule has 2 heterocycles. The first kappa shape index (κ1) is 21.7. The summed E-state index contributed by atoms with van der Waals surface area (Å²) in [7, 11) is -4.77. The van der Waals surface area contributed by atoms with Crippen LogP contribution < -0.4 is 4.90 Å². The maximum absolute atomic E-state index is 14.0. The molecule has 164 valence electrons. The van der Waals surface area contributed by atoms with Crippen molar-refractivity contribution in [1.29, 1.82) is 0 Å². The summed E-state index contributed by atoms with van der Waals surface area (Å²) in [5, 5.41) is 1.25. The molecule has 0 aliphatic carbocycles. The fraction of sp³-hybridized carbons (Fsp3) is 0.250. The number of hydrogen-bond donors (Lipinski definition) is 0. The second-order valence-corrected chi connectivity index (χ2v) is 10.0. The highest BCUT2D eigenvalue weighted by molar-refractivity contribution is 7.92. The largest absolute Gasteiger partial charge is 0.348 e. The summed E-state index contributed by atoms with van der Waals surface area (Å²) in [6, 6.07) is 9.45. The summed E-state index contributed by atoms with van der Waals surface area (Å²) in [5.41, 5.74) is 1.69. The summed E-state index contributed by atoms with van der Waals surface area (Å²) in [6.07, 6.45) is -0.0792. The molecule has 0 atom stereocenters. The van der Waals surface area contributed by atoms with E-state index in [4.69, 9.17) is 0 Å². The second-order valence-electron chi connectivity index (χ2n) is 7.01. The van der Waals surface area contributed by atoms with Crippen LogP contribution in [0.4, 0.5) is 27.1 Å². The highest BCUT2D eigenvalue weighted by atomic mass is 32.2. The zero-order valence-corrected chi connectivity index (χ0v) is 17.4. The van der Waals surface area contributed by atoms with Gasteiger partial charge in [-0.25, -0.2) is 35.4 Å². The molecule has 0 unspecified atom stereocenters. The number of piperidine rings is 1. The SMILES string of the molecule is O=S(=O)(c1c(F)c(F)c(F)c(F)c1F)C1CCN(c2nc(-c3ccccc3)cs2)CC1. The third-order valence-corrected chi connectivity index (χ3v) is 8.34. The number of benzene rings is 2. The van der Waals surface area contributed by atoms with Crippen LogP contribution in [0.15, 0.2) is 40.6 Å². The van der Waals surface area contributed by atoms with Gasteiger partial charge in [0, 0.05) is 24.0 Å². The number of nitrogens with zero attached hydrogens (tertiary/aromatic N) is 2. The Hall–Kier alpha value is -2.53. The summed E-state index contributed by atoms with van der Waals surface area (Å²) >= 11 is 1.37. The Morgan fingerprint density at radius 1 is 0.871 bits per heavy atom. The lowest BCUT2D eigenvalue weighted by Crippen LogP contribution is -2.40. The van der Waals surface area contributed by atoms with Crippen molar-refractivity contribution < 1.29 is 30.4 Å². The van der Waals surface area contributed by atoms with E-state index in [2.05, 4.69) is 4.98 Å². The molecule has 11 heteroatoms. The van der Waals surface area contributed by atoms with Crippen LogP contribution in [-0.2, 0) is 9.84 Å². The second kappa shape index (κ2) is 8.19. The molecule has 1 aliphatic heterocycles. The monoisotopic (exact) mass is 474 g/mol. The van der Waals surface area contributed by atoms with Gasteiger partial charge >= 0.3 is 0 Å². The lowest BCUT2D eigenvalue weighted by molar-refractivity contribution is 0.356. The van der Waals surface area contributed by atoms with Gasteiger partial charge in [-0.1, -0.05) is 30.3 Å². The summed E-state index contributed by atoms with van der Waals surface area (Å²) in [6.45, 7) is 0.419. The minimum atomic E-state index is -4.77. The molecular formula is C20H15F5N2O2S2. The minimum Gasteiger partial charge on any atom is -0.348 e. The molecule has 3 aromatic rings. The molecule has 31 heavy (non-hydrogen) atoms. The molecule has 4 nitrogen and oxygen atoms in total. The lowest BCUT2D eigenvalue weighted by atomic mass is 10.1. The van der Waals surface area contributed by atoms with Crippen LogP contribution in [0.25, 0.3) is 11.3 Å². The van der Waals surface area contributed by atoms with Crippen molar-refractivity contribution >= 4 is 26.3 Å². The highest BCUT2D eigenvalue weighted by Gasteiger charge is 2.39. The van der Waals surface area contributed by atoms with E-state index in [-0.39, 0.29) is 25.9 Å². The zero-order chi connectivity index (χ0) is 22.3. The van der Waals surface area contributed by atoms with E-state index in [1.165, 1.54) is 11.3 Å². The Bertz CT molecular complexity index is 1190. The van der Waals surface area contributed by atoms with Gasteiger partial charge in [0.15, 0.2) is 38.2 Å². The van der Waals surface area contributed by atoms with Crippen molar-refractivity contribution in [1.82, 2.24) is 4.98 Å². The van der Waals surface area contributed by atoms with Crippen LogP contribution in [-0.4, -0.2) is 31.7 Å². The molecule has 1 aromatic heterocycles. The van der Waals surface area contributed by atoms with Gasteiger partial charge in [0.1, 0.15) is 4.90 Å². The third kappa shape index (κ3) is 3.80. The maximum Gasteiger partial charge on any atom is 0.200 e. The van der Waals surface area contributed by atoms with Crippen LogP contribution in [0.5, 0.6) is 0 Å². The van der Waals surface area contributed by atoms with Gasteiger partial charge < -0.3 is 4.90 Å². The van der Waals surface area contributed by atoms with E-state index >= 15 is 0 Å². The average Bonchev–Trinajstić information content (AvgIpc) is 3.27. The number of rotatable bonds is 4. The van der Waals surface area contributed by atoms with E-state index in [1.807, 2.05) is 40.6 Å². The van der Waals surface area contributed by atoms with E-state index in [0.29, 0.717) is 5.13 Å². The van der Waals surface area contributed by atoms with Crippen molar-refractivity contribution in [3.05, 3.63) is 64.8 Å². The number of sulfone groups is 1. The standard InChI is InChI=1S/C20H15F5N2O2S2/c21-14-15(22)17(24)19(18(25)16(14)23)31(28,29)12-6-8-27(9-7-12)20-26-13(10-30-20)11-4-2-1-3-5-11/h1-5,10,12H,6-9H2. The Morgan fingerprint density at radius 3 is 2.00 bits per heavy atom. The molecule has 1 fully saturated rings. The lowest BCUT2D eigenvalue weighted by Gasteiger charge is -2.31. The normalized spacial score (nSPS) is 15.5. The van der Waals surface area contributed by atoms with Crippen LogP contribution in [0.3, 0.4) is 0 Å². The molecule has 1 aliphatic rings. The minimum absolute atomic E-state index is 0.0396.